The summed E-state index contributed by atoms with van der Waals surface area (Å²) < 4.78 is 28.1. The van der Waals surface area contributed by atoms with E-state index in [9.17, 15) is 4.79 Å². The number of alkyl halides is 1. The summed E-state index contributed by atoms with van der Waals surface area (Å²) >= 11 is 0. The normalized spacial score (nSPS) is 31.1. The SMILES string of the molecule is O=C(NC12CC(C1)C2)O[C@H]1CC[C@@H](c2cc(Nc3nc(N4CCOCC4)cc4nccn34)n[nH]2)[C@H]1F. The Labute approximate surface area is 206 Å². The highest BCUT2D eigenvalue weighted by atomic mass is 19.1. The topological polar surface area (TPSA) is 122 Å². The lowest BCUT2D eigenvalue weighted by Gasteiger charge is -2.61. The smallest absolute Gasteiger partial charge is 0.407 e. The zero-order chi connectivity index (χ0) is 24.3. The van der Waals surface area contributed by atoms with Gasteiger partial charge < -0.3 is 25.0 Å². The first-order chi connectivity index (χ1) is 17.6. The summed E-state index contributed by atoms with van der Waals surface area (Å²) in [6.07, 6.45) is 5.13. The molecule has 5 aliphatic rings. The van der Waals surface area contributed by atoms with Crippen LogP contribution in [0.2, 0.25) is 0 Å². The third-order valence-electron chi connectivity index (χ3n) is 8.11. The number of nitrogens with one attached hydrogen (secondary N) is 3. The number of imidazole rings is 1. The first-order valence-electron chi connectivity index (χ1n) is 12.7. The molecule has 3 aromatic rings. The number of H-pyrrole nitrogens is 1. The number of hydrogen-bond acceptors (Lipinski definition) is 8. The van der Waals surface area contributed by atoms with Gasteiger partial charge in [0, 0.05) is 54.8 Å². The quantitative estimate of drug-likeness (QED) is 0.476. The van der Waals surface area contributed by atoms with E-state index in [0.29, 0.717) is 43.5 Å². The van der Waals surface area contributed by atoms with Gasteiger partial charge in [0.05, 0.1) is 13.2 Å². The Balaban J connectivity index is 1.04. The van der Waals surface area contributed by atoms with E-state index in [0.717, 1.165) is 49.7 Å². The minimum atomic E-state index is -1.29. The van der Waals surface area contributed by atoms with Crippen LogP contribution in [-0.4, -0.2) is 74.8 Å². The van der Waals surface area contributed by atoms with Crippen LogP contribution in [0.4, 0.5) is 26.8 Å². The molecule has 12 heteroatoms. The molecule has 0 aromatic carbocycles. The van der Waals surface area contributed by atoms with Gasteiger partial charge in [0.15, 0.2) is 5.82 Å². The molecule has 3 N–H and O–H groups in total. The number of anilines is 3. The van der Waals surface area contributed by atoms with Crippen molar-refractivity contribution in [2.45, 2.75) is 55.8 Å². The van der Waals surface area contributed by atoms with E-state index in [2.05, 4.69) is 30.7 Å². The standard InChI is InChI=1S/C24H29FN8O3/c25-21-15(1-2-17(21)36-23(34)29-24-11-14(12-24)13-24)16-9-18(31-30-16)27-22-28-20(32-5-7-35-8-6-32)10-19-26-3-4-33(19)22/h3-4,9-10,14-15,17,21H,1-2,5-8,11-13H2,(H,29,34)(H2,27,28,30,31)/t14?,15-,17-,21+,24?/m0/s1. The molecule has 0 radical (unpaired) electrons. The number of hydrogen-bond donors (Lipinski definition) is 3. The van der Waals surface area contributed by atoms with E-state index < -0.39 is 24.3 Å². The van der Waals surface area contributed by atoms with E-state index >= 15 is 4.39 Å². The van der Waals surface area contributed by atoms with Crippen molar-refractivity contribution in [3.8, 4) is 0 Å². The minimum Gasteiger partial charge on any atom is -0.443 e. The van der Waals surface area contributed by atoms with Gasteiger partial charge in [0.25, 0.3) is 0 Å². The molecule has 1 amide bonds. The van der Waals surface area contributed by atoms with E-state index in [-0.39, 0.29) is 5.54 Å². The molecular weight excluding hydrogens is 467 g/mol. The van der Waals surface area contributed by atoms with Crippen LogP contribution in [0.1, 0.15) is 43.7 Å². The fourth-order valence-corrected chi connectivity index (χ4v) is 6.05. The molecule has 5 fully saturated rings. The number of fused-ring (bicyclic) bond motifs is 1. The van der Waals surface area contributed by atoms with Crippen molar-refractivity contribution in [2.75, 3.05) is 36.5 Å². The molecule has 1 aliphatic heterocycles. The molecule has 2 bridgehead atoms. The van der Waals surface area contributed by atoms with Gasteiger partial charge in [0.2, 0.25) is 5.95 Å². The van der Waals surface area contributed by atoms with Crippen molar-refractivity contribution in [3.05, 3.63) is 30.2 Å². The van der Waals surface area contributed by atoms with Gasteiger partial charge in [-0.15, -0.1) is 0 Å². The first kappa shape index (κ1) is 21.8. The number of morpholine rings is 1. The van der Waals surface area contributed by atoms with Gasteiger partial charge in [0.1, 0.15) is 23.7 Å². The zero-order valence-corrected chi connectivity index (χ0v) is 19.8. The second-order valence-corrected chi connectivity index (χ2v) is 10.5. The van der Waals surface area contributed by atoms with Crippen molar-refractivity contribution in [1.82, 2.24) is 29.9 Å². The molecule has 36 heavy (non-hydrogen) atoms. The van der Waals surface area contributed by atoms with Crippen molar-refractivity contribution >= 4 is 29.3 Å². The highest BCUT2D eigenvalue weighted by Gasteiger charge is 2.58. The third-order valence-corrected chi connectivity index (χ3v) is 8.11. The second kappa shape index (κ2) is 8.32. The maximum atomic E-state index is 15.3. The van der Waals surface area contributed by atoms with E-state index in [1.807, 2.05) is 16.7 Å². The summed E-state index contributed by atoms with van der Waals surface area (Å²) in [5, 5.41) is 13.5. The molecule has 0 unspecified atom stereocenters. The lowest BCUT2D eigenvalue weighted by atomic mass is 9.50. The molecule has 3 aromatic heterocycles. The monoisotopic (exact) mass is 496 g/mol. The number of amides is 1. The predicted octanol–water partition coefficient (Wildman–Crippen LogP) is 2.90. The number of aromatic amines is 1. The maximum absolute atomic E-state index is 15.3. The maximum Gasteiger partial charge on any atom is 0.407 e. The molecule has 1 saturated heterocycles. The van der Waals surface area contributed by atoms with Gasteiger partial charge >= 0.3 is 6.09 Å². The molecule has 190 valence electrons. The van der Waals surface area contributed by atoms with Crippen LogP contribution in [0.25, 0.3) is 5.65 Å². The van der Waals surface area contributed by atoms with E-state index in [1.54, 1.807) is 12.3 Å². The number of carbonyl (C=O) groups is 1. The van der Waals surface area contributed by atoms with Gasteiger partial charge in [-0.3, -0.25) is 9.50 Å². The van der Waals surface area contributed by atoms with Crippen LogP contribution in [0.5, 0.6) is 0 Å². The summed E-state index contributed by atoms with van der Waals surface area (Å²) in [6, 6.07) is 3.75. The number of halogens is 1. The number of nitrogens with zero attached hydrogens (tertiary/aromatic N) is 5. The second-order valence-electron chi connectivity index (χ2n) is 10.5. The number of carbonyl (C=O) groups excluding carboxylic acids is 1. The van der Waals surface area contributed by atoms with Crippen molar-refractivity contribution < 1.29 is 18.7 Å². The van der Waals surface area contributed by atoms with E-state index in [1.165, 1.54) is 0 Å². The Morgan fingerprint density at radius 3 is 2.83 bits per heavy atom. The lowest BCUT2D eigenvalue weighted by Crippen LogP contribution is -2.68. The molecular formula is C24H29FN8O3. The van der Waals surface area contributed by atoms with Crippen LogP contribution in [0.15, 0.2) is 24.5 Å². The van der Waals surface area contributed by atoms with Crippen LogP contribution in [0, 0.1) is 5.92 Å². The molecule has 4 aliphatic carbocycles. The Bertz CT molecular complexity index is 1270. The van der Waals surface area contributed by atoms with Crippen LogP contribution in [-0.2, 0) is 9.47 Å². The zero-order valence-electron chi connectivity index (χ0n) is 19.8. The first-order valence-corrected chi connectivity index (χ1v) is 12.7. The van der Waals surface area contributed by atoms with Crippen LogP contribution in [0.3, 0.4) is 0 Å². The van der Waals surface area contributed by atoms with Gasteiger partial charge in [-0.2, -0.15) is 10.1 Å². The van der Waals surface area contributed by atoms with Gasteiger partial charge in [-0.05, 0) is 38.0 Å². The average Bonchev–Trinajstić information content (AvgIpc) is 3.57. The Hall–Kier alpha value is -3.41. The summed E-state index contributed by atoms with van der Waals surface area (Å²) in [6.45, 7) is 2.84. The summed E-state index contributed by atoms with van der Waals surface area (Å²) in [5.41, 5.74) is 1.35. The van der Waals surface area contributed by atoms with E-state index in [4.69, 9.17) is 14.5 Å². The van der Waals surface area contributed by atoms with Gasteiger partial charge in [-0.25, -0.2) is 14.2 Å². The molecule has 0 spiro atoms. The molecule has 4 saturated carbocycles. The van der Waals surface area contributed by atoms with Crippen LogP contribution >= 0.6 is 0 Å². The van der Waals surface area contributed by atoms with Crippen molar-refractivity contribution in [3.63, 3.8) is 0 Å². The third kappa shape index (κ3) is 3.74. The van der Waals surface area contributed by atoms with Gasteiger partial charge in [-0.1, -0.05) is 0 Å². The molecule has 3 atom stereocenters. The summed E-state index contributed by atoms with van der Waals surface area (Å²) in [5.74, 6) is 2.25. The molecule has 11 nitrogen and oxygen atoms in total. The fourth-order valence-electron chi connectivity index (χ4n) is 6.05. The Morgan fingerprint density at radius 1 is 1.22 bits per heavy atom. The molecule has 8 rings (SSSR count). The summed E-state index contributed by atoms with van der Waals surface area (Å²) in [7, 11) is 0. The van der Waals surface area contributed by atoms with Crippen molar-refractivity contribution in [2.24, 2.45) is 5.92 Å². The minimum absolute atomic E-state index is 0.0801. The number of ether oxygens (including phenoxy) is 2. The Morgan fingerprint density at radius 2 is 2.06 bits per heavy atom. The highest BCUT2D eigenvalue weighted by Crippen LogP contribution is 2.57. The average molecular weight is 497 g/mol. The summed E-state index contributed by atoms with van der Waals surface area (Å²) in [4.78, 5) is 23.7. The number of alkyl carbamates (subject to hydrolysis) is 1. The predicted molar refractivity (Wildman–Crippen MR) is 128 cm³/mol. The fraction of sp³-hybridized carbons (Fsp3) is 0.583. The lowest BCUT2D eigenvalue weighted by molar-refractivity contribution is -0.0532. The van der Waals surface area contributed by atoms with Crippen LogP contribution < -0.4 is 15.5 Å². The highest BCUT2D eigenvalue weighted by molar-refractivity contribution is 5.69. The number of aromatic nitrogens is 5. The Kier molecular flexibility index (Phi) is 5.05. The number of rotatable bonds is 6. The van der Waals surface area contributed by atoms with Crippen molar-refractivity contribution in [1.29, 1.82) is 0 Å². The largest absolute Gasteiger partial charge is 0.443 e. The molecule has 4 heterocycles.